The molecule has 0 spiro atoms. The van der Waals surface area contributed by atoms with E-state index in [9.17, 15) is 4.79 Å². The van der Waals surface area contributed by atoms with Crippen LogP contribution in [-0.4, -0.2) is 6.29 Å². The summed E-state index contributed by atoms with van der Waals surface area (Å²) in [5.74, 6) is 2.08. The number of carbonyl (C=O) groups is 1. The average molecular weight is 192 g/mol. The highest BCUT2D eigenvalue weighted by Gasteiger charge is 2.28. The van der Waals surface area contributed by atoms with Gasteiger partial charge in [-0.3, -0.25) is 0 Å². The van der Waals surface area contributed by atoms with Crippen molar-refractivity contribution in [1.29, 1.82) is 0 Å². The molecule has 0 aromatic heterocycles. The van der Waals surface area contributed by atoms with Gasteiger partial charge in [-0.25, -0.2) is 0 Å². The van der Waals surface area contributed by atoms with Gasteiger partial charge in [0.25, 0.3) is 0 Å². The van der Waals surface area contributed by atoms with Crippen molar-refractivity contribution in [3.63, 3.8) is 0 Å². The number of rotatable bonds is 3. The Balaban J connectivity index is 2.61. The molecule has 0 bridgehead atoms. The van der Waals surface area contributed by atoms with Crippen LogP contribution in [0.4, 0.5) is 0 Å². The zero-order valence-corrected chi connectivity index (χ0v) is 9.20. The van der Waals surface area contributed by atoms with Crippen molar-refractivity contribution in [3.8, 4) is 0 Å². The highest BCUT2D eigenvalue weighted by atomic mass is 16.1. The third-order valence-electron chi connectivity index (χ3n) is 3.59. The molecule has 0 radical (unpaired) electrons. The molecule has 14 heavy (non-hydrogen) atoms. The van der Waals surface area contributed by atoms with Crippen LogP contribution in [-0.2, 0) is 4.79 Å². The van der Waals surface area contributed by atoms with Crippen LogP contribution in [0.1, 0.15) is 33.1 Å². The Hall–Kier alpha value is -0.810. The Bertz CT molecular complexity index is 238. The molecule has 0 N–H and O–H groups in total. The molecule has 4 unspecified atom stereocenters. The molecule has 0 saturated heterocycles. The van der Waals surface area contributed by atoms with E-state index in [1.807, 2.05) is 6.92 Å². The van der Waals surface area contributed by atoms with Crippen LogP contribution < -0.4 is 0 Å². The fourth-order valence-electron chi connectivity index (χ4n) is 2.36. The van der Waals surface area contributed by atoms with Gasteiger partial charge in [0, 0.05) is 5.92 Å². The highest BCUT2D eigenvalue weighted by Crippen LogP contribution is 2.37. The molecule has 0 heterocycles. The summed E-state index contributed by atoms with van der Waals surface area (Å²) in [5.41, 5.74) is 2.88. The second-order valence-corrected chi connectivity index (χ2v) is 4.58. The van der Waals surface area contributed by atoms with E-state index in [4.69, 9.17) is 0 Å². The van der Waals surface area contributed by atoms with E-state index in [0.717, 1.165) is 18.6 Å². The summed E-state index contributed by atoms with van der Waals surface area (Å²) in [7, 11) is 0. The van der Waals surface area contributed by atoms with Gasteiger partial charge in [-0.05, 0) is 43.1 Å². The molecule has 1 aliphatic carbocycles. The Morgan fingerprint density at radius 2 is 2.21 bits per heavy atom. The van der Waals surface area contributed by atoms with Crippen molar-refractivity contribution in [1.82, 2.24) is 0 Å². The monoisotopic (exact) mass is 192 g/mol. The topological polar surface area (TPSA) is 17.1 Å². The molecular formula is C13H20O. The van der Waals surface area contributed by atoms with Gasteiger partial charge in [0.15, 0.2) is 0 Å². The Morgan fingerprint density at radius 3 is 2.79 bits per heavy atom. The summed E-state index contributed by atoms with van der Waals surface area (Å²) >= 11 is 0. The smallest absolute Gasteiger partial charge is 0.123 e. The molecule has 78 valence electrons. The number of allylic oxidation sites excluding steroid dienone is 1. The lowest BCUT2D eigenvalue weighted by molar-refractivity contribution is -0.112. The molecule has 4 atom stereocenters. The van der Waals surface area contributed by atoms with Gasteiger partial charge in [0.1, 0.15) is 6.29 Å². The molecule has 0 amide bonds. The predicted molar refractivity (Wildman–Crippen MR) is 58.9 cm³/mol. The lowest BCUT2D eigenvalue weighted by Crippen LogP contribution is -2.26. The van der Waals surface area contributed by atoms with E-state index in [-0.39, 0.29) is 5.92 Å². The van der Waals surface area contributed by atoms with E-state index in [1.54, 1.807) is 0 Å². The summed E-state index contributed by atoms with van der Waals surface area (Å²) in [6.45, 7) is 7.94. The van der Waals surface area contributed by atoms with E-state index in [0.29, 0.717) is 11.8 Å². The fourth-order valence-corrected chi connectivity index (χ4v) is 2.36. The van der Waals surface area contributed by atoms with E-state index >= 15 is 0 Å². The van der Waals surface area contributed by atoms with Crippen molar-refractivity contribution in [2.45, 2.75) is 33.1 Å². The molecule has 1 nitrogen and oxygen atoms in total. The summed E-state index contributed by atoms with van der Waals surface area (Å²) in [6.07, 6.45) is 6.72. The van der Waals surface area contributed by atoms with Crippen molar-refractivity contribution in [2.24, 2.45) is 23.7 Å². The zero-order valence-electron chi connectivity index (χ0n) is 9.20. The minimum atomic E-state index is 0.211. The maximum Gasteiger partial charge on any atom is 0.123 e. The van der Waals surface area contributed by atoms with Crippen LogP contribution in [0.5, 0.6) is 0 Å². The highest BCUT2D eigenvalue weighted by molar-refractivity contribution is 5.53. The fraction of sp³-hybridized carbons (Fsp3) is 0.692. The minimum Gasteiger partial charge on any atom is -0.303 e. The van der Waals surface area contributed by atoms with Crippen LogP contribution >= 0.6 is 0 Å². The summed E-state index contributed by atoms with van der Waals surface area (Å²) in [6, 6.07) is 0. The normalized spacial score (nSPS) is 34.3. The van der Waals surface area contributed by atoms with Gasteiger partial charge in [0.2, 0.25) is 0 Å². The second-order valence-electron chi connectivity index (χ2n) is 4.58. The van der Waals surface area contributed by atoms with Crippen molar-refractivity contribution < 1.29 is 4.79 Å². The number of hydrogen-bond acceptors (Lipinski definition) is 1. The summed E-state index contributed by atoms with van der Waals surface area (Å²) < 4.78 is 0. The average Bonchev–Trinajstić information content (AvgIpc) is 2.20. The van der Waals surface area contributed by atoms with Gasteiger partial charge < -0.3 is 4.79 Å². The lowest BCUT2D eigenvalue weighted by Gasteiger charge is -2.33. The predicted octanol–water partition coefficient (Wildman–Crippen LogP) is 3.21. The van der Waals surface area contributed by atoms with Crippen LogP contribution in [0.2, 0.25) is 0 Å². The van der Waals surface area contributed by atoms with Gasteiger partial charge in [-0.15, -0.1) is 5.73 Å². The maximum atomic E-state index is 10.7. The largest absolute Gasteiger partial charge is 0.303 e. The lowest BCUT2D eigenvalue weighted by atomic mass is 9.71. The third kappa shape index (κ3) is 2.59. The Labute approximate surface area is 86.9 Å². The van der Waals surface area contributed by atoms with Crippen molar-refractivity contribution in [3.05, 3.63) is 18.4 Å². The molecule has 1 aliphatic rings. The molecule has 0 aromatic carbocycles. The van der Waals surface area contributed by atoms with E-state index in [2.05, 4.69) is 25.3 Å². The molecule has 0 aromatic rings. The van der Waals surface area contributed by atoms with Crippen molar-refractivity contribution >= 4 is 6.29 Å². The Kier molecular flexibility index (Phi) is 4.16. The quantitative estimate of drug-likeness (QED) is 0.495. The molecule has 1 fully saturated rings. The molecule has 1 saturated carbocycles. The van der Waals surface area contributed by atoms with Crippen LogP contribution in [0.25, 0.3) is 0 Å². The molecule has 0 aliphatic heterocycles. The summed E-state index contributed by atoms with van der Waals surface area (Å²) in [5, 5.41) is 0. The minimum absolute atomic E-state index is 0.211. The molecular weight excluding hydrogens is 172 g/mol. The summed E-state index contributed by atoms with van der Waals surface area (Å²) in [4.78, 5) is 10.7. The van der Waals surface area contributed by atoms with Gasteiger partial charge >= 0.3 is 0 Å². The van der Waals surface area contributed by atoms with Crippen LogP contribution in [0.15, 0.2) is 18.4 Å². The van der Waals surface area contributed by atoms with Gasteiger partial charge in [-0.2, -0.15) is 0 Å². The van der Waals surface area contributed by atoms with Gasteiger partial charge in [-0.1, -0.05) is 20.4 Å². The SMILES string of the molecule is C=C=CC1CC(C(C)C=O)CCC1C. The second kappa shape index (κ2) is 5.17. The first kappa shape index (κ1) is 11.3. The number of hydrogen-bond donors (Lipinski definition) is 0. The van der Waals surface area contributed by atoms with Gasteiger partial charge in [0.05, 0.1) is 0 Å². The Morgan fingerprint density at radius 1 is 1.50 bits per heavy atom. The van der Waals surface area contributed by atoms with Crippen molar-refractivity contribution in [2.75, 3.05) is 0 Å². The maximum absolute atomic E-state index is 10.7. The first-order valence-electron chi connectivity index (χ1n) is 5.50. The third-order valence-corrected chi connectivity index (χ3v) is 3.59. The standard InChI is InChI=1S/C13H20O/c1-4-5-12-8-13(11(3)9-14)7-6-10(12)2/h5,9-13H,1,6-8H2,2-3H3. The number of aldehydes is 1. The first-order chi connectivity index (χ1) is 6.69. The molecule has 1 rings (SSSR count). The van der Waals surface area contributed by atoms with E-state index in [1.165, 1.54) is 12.8 Å². The van der Waals surface area contributed by atoms with E-state index < -0.39 is 0 Å². The number of carbonyl (C=O) groups excluding carboxylic acids is 1. The van der Waals surface area contributed by atoms with Crippen LogP contribution in [0, 0.1) is 23.7 Å². The molecule has 1 heteroatoms. The van der Waals surface area contributed by atoms with Crippen LogP contribution in [0.3, 0.4) is 0 Å². The first-order valence-corrected chi connectivity index (χ1v) is 5.50. The zero-order chi connectivity index (χ0) is 10.6.